The highest BCUT2D eigenvalue weighted by Gasteiger charge is 2.12. The molecule has 21 heavy (non-hydrogen) atoms. The van der Waals surface area contributed by atoms with E-state index in [9.17, 15) is 9.59 Å². The molecule has 0 saturated carbocycles. The van der Waals surface area contributed by atoms with Crippen LogP contribution in [-0.2, 0) is 4.79 Å². The number of carbonyl (C=O) groups is 2. The van der Waals surface area contributed by atoms with E-state index >= 15 is 0 Å². The number of aromatic nitrogens is 4. The van der Waals surface area contributed by atoms with Crippen molar-refractivity contribution in [3.05, 3.63) is 24.3 Å². The van der Waals surface area contributed by atoms with Gasteiger partial charge in [0.15, 0.2) is 0 Å². The number of ether oxygens (including phenoxy) is 1. The molecular formula is C11H12N6O3S. The van der Waals surface area contributed by atoms with E-state index in [1.165, 1.54) is 4.68 Å². The van der Waals surface area contributed by atoms with Crippen LogP contribution in [0, 0.1) is 0 Å². The maximum Gasteiger partial charge on any atom is 0.318 e. The highest BCUT2D eigenvalue weighted by Crippen LogP contribution is 2.19. The first-order valence-corrected chi connectivity index (χ1v) is 6.73. The fourth-order valence-corrected chi connectivity index (χ4v) is 2.15. The van der Waals surface area contributed by atoms with Crippen LogP contribution in [0.15, 0.2) is 29.4 Å². The lowest BCUT2D eigenvalue weighted by atomic mass is 10.3. The Morgan fingerprint density at radius 2 is 2.10 bits per heavy atom. The number of nitrogens with zero attached hydrogens (tertiary/aromatic N) is 4. The van der Waals surface area contributed by atoms with Crippen LogP contribution in [0.4, 0.5) is 4.79 Å². The summed E-state index contributed by atoms with van der Waals surface area (Å²) in [4.78, 5) is 21.9. The second-order valence-corrected chi connectivity index (χ2v) is 4.71. The van der Waals surface area contributed by atoms with Crippen molar-refractivity contribution in [1.29, 1.82) is 0 Å². The van der Waals surface area contributed by atoms with Crippen molar-refractivity contribution >= 4 is 23.7 Å². The lowest BCUT2D eigenvalue weighted by molar-refractivity contribution is -0.117. The topological polar surface area (TPSA) is 125 Å². The minimum atomic E-state index is -0.893. The Balaban J connectivity index is 2.07. The number of benzene rings is 1. The quantitative estimate of drug-likeness (QED) is 0.742. The van der Waals surface area contributed by atoms with Crippen molar-refractivity contribution in [3.63, 3.8) is 0 Å². The van der Waals surface area contributed by atoms with Crippen molar-refractivity contribution in [2.24, 2.45) is 5.73 Å². The van der Waals surface area contributed by atoms with E-state index in [2.05, 4.69) is 15.5 Å². The first kappa shape index (κ1) is 14.8. The van der Waals surface area contributed by atoms with E-state index in [4.69, 9.17) is 10.5 Å². The second kappa shape index (κ2) is 6.70. The molecule has 9 nitrogen and oxygen atoms in total. The van der Waals surface area contributed by atoms with Crippen molar-refractivity contribution in [2.45, 2.75) is 5.16 Å². The average molecular weight is 308 g/mol. The third-order valence-corrected chi connectivity index (χ3v) is 3.27. The summed E-state index contributed by atoms with van der Waals surface area (Å²) in [7, 11) is 1.57. The summed E-state index contributed by atoms with van der Waals surface area (Å²) in [6.07, 6.45) is 0. The first-order valence-electron chi connectivity index (χ1n) is 5.75. The molecule has 0 aliphatic rings. The van der Waals surface area contributed by atoms with E-state index in [1.807, 2.05) is 5.32 Å². The van der Waals surface area contributed by atoms with Gasteiger partial charge in [0.25, 0.3) is 0 Å². The van der Waals surface area contributed by atoms with Gasteiger partial charge < -0.3 is 10.5 Å². The number of urea groups is 1. The van der Waals surface area contributed by atoms with Gasteiger partial charge in [-0.25, -0.2) is 4.79 Å². The molecule has 0 aliphatic heterocycles. The molecule has 1 heterocycles. The third kappa shape index (κ3) is 3.92. The van der Waals surface area contributed by atoms with Gasteiger partial charge in [-0.05, 0) is 34.7 Å². The summed E-state index contributed by atoms with van der Waals surface area (Å²) < 4.78 is 6.54. The van der Waals surface area contributed by atoms with Gasteiger partial charge in [-0.2, -0.15) is 4.68 Å². The van der Waals surface area contributed by atoms with E-state index < -0.39 is 11.9 Å². The number of hydrogen-bond donors (Lipinski definition) is 2. The highest BCUT2D eigenvalue weighted by atomic mass is 32.2. The Morgan fingerprint density at radius 3 is 2.71 bits per heavy atom. The summed E-state index contributed by atoms with van der Waals surface area (Å²) in [6, 6.07) is 6.21. The molecule has 2 rings (SSSR count). The van der Waals surface area contributed by atoms with Crippen LogP contribution in [0.25, 0.3) is 5.69 Å². The molecule has 0 spiro atoms. The summed E-state index contributed by atoms with van der Waals surface area (Å²) in [5.41, 5.74) is 5.57. The van der Waals surface area contributed by atoms with Gasteiger partial charge in [0.05, 0.1) is 18.6 Å². The third-order valence-electron chi connectivity index (χ3n) is 2.35. The van der Waals surface area contributed by atoms with Crippen LogP contribution in [0.2, 0.25) is 0 Å². The summed E-state index contributed by atoms with van der Waals surface area (Å²) in [5.74, 6) is 0.165. The van der Waals surface area contributed by atoms with Crippen LogP contribution in [0.5, 0.6) is 5.75 Å². The normalized spacial score (nSPS) is 10.1. The fourth-order valence-electron chi connectivity index (χ4n) is 1.46. The summed E-state index contributed by atoms with van der Waals surface area (Å²) in [5, 5.41) is 13.6. The number of hydrogen-bond acceptors (Lipinski definition) is 7. The van der Waals surface area contributed by atoms with Gasteiger partial charge in [0.2, 0.25) is 11.1 Å². The number of primary amides is 1. The SMILES string of the molecule is COc1ccc(-n2nnnc2SCC(=O)NC(N)=O)cc1. The molecule has 3 amide bonds. The number of amides is 3. The smallest absolute Gasteiger partial charge is 0.318 e. The van der Waals surface area contributed by atoms with E-state index in [1.54, 1.807) is 31.4 Å². The molecule has 110 valence electrons. The molecule has 1 aromatic heterocycles. The van der Waals surface area contributed by atoms with Gasteiger partial charge in [0, 0.05) is 0 Å². The molecule has 0 fully saturated rings. The van der Waals surface area contributed by atoms with E-state index in [-0.39, 0.29) is 5.75 Å². The van der Waals surface area contributed by atoms with Crippen LogP contribution in [0.3, 0.4) is 0 Å². The summed E-state index contributed by atoms with van der Waals surface area (Å²) >= 11 is 1.08. The highest BCUT2D eigenvalue weighted by molar-refractivity contribution is 7.99. The first-order chi connectivity index (χ1) is 10.1. The number of nitrogens with two attached hydrogens (primary N) is 1. The molecule has 10 heteroatoms. The standard InChI is InChI=1S/C11H12N6O3S/c1-20-8-4-2-7(3-5-8)17-11(14-15-16-17)21-6-9(18)13-10(12)19/h2-5H,6H2,1H3,(H3,12,13,18,19). The van der Waals surface area contributed by atoms with Crippen LogP contribution in [0.1, 0.15) is 0 Å². The van der Waals surface area contributed by atoms with E-state index in [0.29, 0.717) is 10.9 Å². The number of tetrazole rings is 1. The molecule has 0 atom stereocenters. The number of methoxy groups -OCH3 is 1. The maximum atomic E-state index is 11.4. The summed E-state index contributed by atoms with van der Waals surface area (Å²) in [6.45, 7) is 0. The van der Waals surface area contributed by atoms with E-state index in [0.717, 1.165) is 17.4 Å². The van der Waals surface area contributed by atoms with Gasteiger partial charge in [-0.3, -0.25) is 10.1 Å². The van der Waals surface area contributed by atoms with Crippen molar-refractivity contribution < 1.29 is 14.3 Å². The zero-order valence-electron chi connectivity index (χ0n) is 11.0. The Labute approximate surface area is 123 Å². The number of thioether (sulfide) groups is 1. The molecule has 0 aliphatic carbocycles. The fraction of sp³-hybridized carbons (Fsp3) is 0.182. The van der Waals surface area contributed by atoms with Gasteiger partial charge >= 0.3 is 6.03 Å². The Bertz CT molecular complexity index is 642. The zero-order chi connectivity index (χ0) is 15.2. The minimum absolute atomic E-state index is 0.0283. The molecular weight excluding hydrogens is 296 g/mol. The Hall–Kier alpha value is -2.62. The second-order valence-electron chi connectivity index (χ2n) is 3.77. The van der Waals surface area contributed by atoms with Crippen molar-refractivity contribution in [3.8, 4) is 11.4 Å². The molecule has 3 N–H and O–H groups in total. The largest absolute Gasteiger partial charge is 0.497 e. The van der Waals surface area contributed by atoms with Gasteiger partial charge in [-0.1, -0.05) is 11.8 Å². The number of nitrogens with one attached hydrogen (secondary N) is 1. The molecule has 0 unspecified atom stereocenters. The van der Waals surface area contributed by atoms with Gasteiger partial charge in [-0.15, -0.1) is 5.10 Å². The number of imide groups is 1. The average Bonchev–Trinajstić information content (AvgIpc) is 2.93. The number of carbonyl (C=O) groups excluding carboxylic acids is 2. The molecule has 1 aromatic carbocycles. The van der Waals surface area contributed by atoms with Crippen molar-refractivity contribution in [2.75, 3.05) is 12.9 Å². The Kier molecular flexibility index (Phi) is 4.72. The molecule has 2 aromatic rings. The molecule has 0 bridgehead atoms. The zero-order valence-corrected chi connectivity index (χ0v) is 11.8. The maximum absolute atomic E-state index is 11.4. The predicted octanol–water partition coefficient (Wildman–Crippen LogP) is -0.0421. The molecule has 0 saturated heterocycles. The molecule has 0 radical (unpaired) electrons. The lowest BCUT2D eigenvalue weighted by Gasteiger charge is -2.05. The monoisotopic (exact) mass is 308 g/mol. The van der Waals surface area contributed by atoms with Crippen LogP contribution < -0.4 is 15.8 Å². The van der Waals surface area contributed by atoms with Crippen molar-refractivity contribution in [1.82, 2.24) is 25.5 Å². The van der Waals surface area contributed by atoms with Crippen LogP contribution >= 0.6 is 11.8 Å². The van der Waals surface area contributed by atoms with Crippen LogP contribution in [-0.4, -0.2) is 45.0 Å². The lowest BCUT2D eigenvalue weighted by Crippen LogP contribution is -2.36. The Morgan fingerprint density at radius 1 is 1.38 bits per heavy atom. The predicted molar refractivity (Wildman–Crippen MR) is 74.2 cm³/mol. The number of rotatable bonds is 5. The van der Waals surface area contributed by atoms with Gasteiger partial charge in [0.1, 0.15) is 5.75 Å². The minimum Gasteiger partial charge on any atom is -0.497 e.